The Morgan fingerprint density at radius 2 is 0.827 bits per heavy atom. The van der Waals surface area contributed by atoms with Gasteiger partial charge in [0, 0.05) is 6.42 Å². The first-order valence-electron chi connectivity index (χ1n) is 30.7. The van der Waals surface area contributed by atoms with E-state index in [-0.39, 0.29) is 18.9 Å². The number of carbonyl (C=O) groups excluding carboxylic acids is 1. The van der Waals surface area contributed by atoms with Crippen LogP contribution in [0.1, 0.15) is 181 Å². The number of carbonyl (C=O) groups is 1. The number of aliphatic hydroxyl groups excluding tert-OH is 11. The molecule has 3 aliphatic heterocycles. The fourth-order valence-corrected chi connectivity index (χ4v) is 9.87. The smallest absolute Gasteiger partial charge is 0.220 e. The van der Waals surface area contributed by atoms with Crippen LogP contribution in [0.15, 0.2) is 72.9 Å². The summed E-state index contributed by atoms with van der Waals surface area (Å²) in [7, 11) is 0. The van der Waals surface area contributed by atoms with Crippen molar-refractivity contribution in [3.05, 3.63) is 72.9 Å². The Labute approximate surface area is 483 Å². The summed E-state index contributed by atoms with van der Waals surface area (Å²) in [6.07, 6.45) is 25.9. The summed E-state index contributed by atoms with van der Waals surface area (Å²) < 4.78 is 34.2. The summed E-state index contributed by atoms with van der Waals surface area (Å²) in [6, 6.07) is -1.01. The van der Waals surface area contributed by atoms with Gasteiger partial charge in [0.15, 0.2) is 18.9 Å². The lowest BCUT2D eigenvalue weighted by atomic mass is 9.96. The van der Waals surface area contributed by atoms with E-state index >= 15 is 0 Å². The van der Waals surface area contributed by atoms with Crippen LogP contribution in [0.2, 0.25) is 0 Å². The number of unbranched alkanes of at least 4 members (excludes halogenated alkanes) is 18. The molecule has 12 N–H and O–H groups in total. The van der Waals surface area contributed by atoms with Gasteiger partial charge >= 0.3 is 0 Å². The molecule has 3 fully saturated rings. The molecular formula is C62H107NO18. The van der Waals surface area contributed by atoms with Crippen molar-refractivity contribution in [3.8, 4) is 0 Å². The first-order chi connectivity index (χ1) is 39.3. The summed E-state index contributed by atoms with van der Waals surface area (Å²) >= 11 is 0. The second kappa shape index (κ2) is 44.7. The van der Waals surface area contributed by atoms with Gasteiger partial charge in [0.2, 0.25) is 5.91 Å². The zero-order valence-electron chi connectivity index (χ0n) is 48.7. The highest BCUT2D eigenvalue weighted by Gasteiger charge is 2.53. The van der Waals surface area contributed by atoms with E-state index in [9.17, 15) is 61.0 Å². The maximum atomic E-state index is 13.3. The number of rotatable bonds is 44. The third kappa shape index (κ3) is 28.3. The first kappa shape index (κ1) is 72.5. The molecule has 0 bridgehead atoms. The highest BCUT2D eigenvalue weighted by molar-refractivity contribution is 5.76. The maximum absolute atomic E-state index is 13.3. The van der Waals surface area contributed by atoms with Gasteiger partial charge in [-0.2, -0.15) is 0 Å². The SMILES string of the molecule is CCCCCCC/C=C\C/C=C\C/C=C\CCCCCCCCC(=O)NC(COC1OC(CO)C(OC2OC(CO)C(OC3OC(CO)C(O)C(O)C3O)C(O)C2O)C(O)C1O)C(O)/C=C/CC/C=C/CC/C=C/CCCCCCC. The molecule has 468 valence electrons. The van der Waals surface area contributed by atoms with Crippen molar-refractivity contribution in [1.29, 1.82) is 0 Å². The zero-order chi connectivity index (χ0) is 59.0. The molecule has 19 nitrogen and oxygen atoms in total. The molecular weight excluding hydrogens is 1050 g/mol. The fraction of sp³-hybridized carbons (Fsp3) is 0.790. The van der Waals surface area contributed by atoms with Gasteiger partial charge in [-0.1, -0.05) is 164 Å². The van der Waals surface area contributed by atoms with Gasteiger partial charge < -0.3 is 89.9 Å². The second-order valence-electron chi connectivity index (χ2n) is 21.8. The summed E-state index contributed by atoms with van der Waals surface area (Å²) in [5.41, 5.74) is 0. The highest BCUT2D eigenvalue weighted by atomic mass is 16.8. The predicted molar refractivity (Wildman–Crippen MR) is 309 cm³/mol. The summed E-state index contributed by atoms with van der Waals surface area (Å²) in [5, 5.41) is 120. The third-order valence-corrected chi connectivity index (χ3v) is 15.0. The van der Waals surface area contributed by atoms with Gasteiger partial charge in [0.05, 0.1) is 38.6 Å². The number of allylic oxidation sites excluding steroid dienone is 11. The number of hydrogen-bond acceptors (Lipinski definition) is 18. The first-order valence-corrected chi connectivity index (χ1v) is 30.7. The lowest BCUT2D eigenvalue weighted by Crippen LogP contribution is -2.66. The number of nitrogens with one attached hydrogen (secondary N) is 1. The third-order valence-electron chi connectivity index (χ3n) is 15.0. The van der Waals surface area contributed by atoms with Crippen LogP contribution in [0.25, 0.3) is 0 Å². The van der Waals surface area contributed by atoms with Crippen LogP contribution in [0.4, 0.5) is 0 Å². The monoisotopic (exact) mass is 1150 g/mol. The Balaban J connectivity index is 1.51. The topological polar surface area (TPSA) is 307 Å². The van der Waals surface area contributed by atoms with Crippen LogP contribution in [-0.4, -0.2) is 193 Å². The average molecular weight is 1150 g/mol. The minimum atomic E-state index is -1.99. The van der Waals surface area contributed by atoms with E-state index in [4.69, 9.17) is 28.4 Å². The van der Waals surface area contributed by atoms with E-state index in [1.54, 1.807) is 6.08 Å². The van der Waals surface area contributed by atoms with Crippen LogP contribution < -0.4 is 5.32 Å². The molecule has 17 unspecified atom stereocenters. The number of amides is 1. The van der Waals surface area contributed by atoms with Crippen molar-refractivity contribution < 1.29 is 89.4 Å². The van der Waals surface area contributed by atoms with E-state index < -0.39 is 124 Å². The average Bonchev–Trinajstić information content (AvgIpc) is 3.46. The molecule has 19 heteroatoms. The largest absolute Gasteiger partial charge is 0.394 e. The van der Waals surface area contributed by atoms with Crippen molar-refractivity contribution in [1.82, 2.24) is 5.32 Å². The number of hydrogen-bond donors (Lipinski definition) is 12. The standard InChI is InChI=1S/C62H107NO18/c1-3-5-7-9-11-13-15-17-19-20-21-22-23-24-26-28-30-32-34-36-38-40-50(68)63-45(46(67)39-37-35-33-31-29-27-25-18-16-14-12-10-8-6-4-2)44-76-60-56(74)53(71)58(48(42-65)78-60)81-62-57(75)54(72)59(49(43-66)79-62)80-61-55(73)52(70)51(69)47(41-64)77-61/h15-18,20-21,23-24,29,31,37,39,45-49,51-62,64-67,69-75H,3-14,19,22,25-28,30,32-36,38,40-44H2,1-2H3,(H,63,68)/b17-15-,18-16+,21-20-,24-23-,31-29+,39-37+. The van der Waals surface area contributed by atoms with E-state index in [2.05, 4.69) is 79.9 Å². The van der Waals surface area contributed by atoms with E-state index in [0.717, 1.165) is 77.0 Å². The lowest BCUT2D eigenvalue weighted by Gasteiger charge is -2.48. The maximum Gasteiger partial charge on any atom is 0.220 e. The van der Waals surface area contributed by atoms with Gasteiger partial charge in [-0.05, 0) is 83.5 Å². The molecule has 3 saturated heterocycles. The molecule has 0 aromatic heterocycles. The normalized spacial score (nSPS) is 30.3. The van der Waals surface area contributed by atoms with E-state index in [1.807, 2.05) is 6.08 Å². The van der Waals surface area contributed by atoms with Crippen molar-refractivity contribution in [2.45, 2.75) is 285 Å². The Morgan fingerprint density at radius 1 is 0.444 bits per heavy atom. The van der Waals surface area contributed by atoms with Crippen LogP contribution in [0.5, 0.6) is 0 Å². The highest BCUT2D eigenvalue weighted by Crippen LogP contribution is 2.33. The van der Waals surface area contributed by atoms with Crippen molar-refractivity contribution in [2.75, 3.05) is 26.4 Å². The Hall–Kier alpha value is -2.77. The van der Waals surface area contributed by atoms with Gasteiger partial charge in [-0.3, -0.25) is 4.79 Å². The van der Waals surface area contributed by atoms with Gasteiger partial charge in [-0.15, -0.1) is 0 Å². The quantitative estimate of drug-likeness (QED) is 0.0253. The Bertz CT molecular complexity index is 1760. The summed E-state index contributed by atoms with van der Waals surface area (Å²) in [4.78, 5) is 13.3. The van der Waals surface area contributed by atoms with Crippen LogP contribution in [0.3, 0.4) is 0 Å². The Morgan fingerprint density at radius 3 is 1.32 bits per heavy atom. The van der Waals surface area contributed by atoms with Crippen molar-refractivity contribution >= 4 is 5.91 Å². The van der Waals surface area contributed by atoms with Gasteiger partial charge in [0.25, 0.3) is 0 Å². The molecule has 1 amide bonds. The number of aliphatic hydroxyl groups is 11. The molecule has 0 aliphatic carbocycles. The zero-order valence-corrected chi connectivity index (χ0v) is 48.7. The summed E-state index contributed by atoms with van der Waals surface area (Å²) in [5.74, 6) is -0.306. The number of ether oxygens (including phenoxy) is 6. The minimum absolute atomic E-state index is 0.214. The molecule has 3 rings (SSSR count). The molecule has 0 aromatic rings. The minimum Gasteiger partial charge on any atom is -0.394 e. The van der Waals surface area contributed by atoms with Crippen molar-refractivity contribution in [3.63, 3.8) is 0 Å². The van der Waals surface area contributed by atoms with Gasteiger partial charge in [-0.25, -0.2) is 0 Å². The molecule has 3 aliphatic rings. The van der Waals surface area contributed by atoms with Crippen LogP contribution in [0, 0.1) is 0 Å². The van der Waals surface area contributed by atoms with Crippen LogP contribution >= 0.6 is 0 Å². The van der Waals surface area contributed by atoms with Crippen LogP contribution in [-0.2, 0) is 33.2 Å². The molecule has 0 spiro atoms. The molecule has 3 heterocycles. The molecule has 0 saturated carbocycles. The molecule has 0 aromatic carbocycles. The van der Waals surface area contributed by atoms with E-state index in [0.29, 0.717) is 12.8 Å². The Kier molecular flexibility index (Phi) is 40.0. The predicted octanol–water partition coefficient (Wildman–Crippen LogP) is 5.82. The molecule has 0 radical (unpaired) electrons. The fourth-order valence-electron chi connectivity index (χ4n) is 9.87. The second-order valence-corrected chi connectivity index (χ2v) is 21.8. The van der Waals surface area contributed by atoms with Gasteiger partial charge in [0.1, 0.15) is 73.2 Å². The van der Waals surface area contributed by atoms with Crippen molar-refractivity contribution in [2.24, 2.45) is 0 Å². The van der Waals surface area contributed by atoms with E-state index in [1.165, 1.54) is 70.6 Å². The molecule has 17 atom stereocenters. The molecule has 81 heavy (non-hydrogen) atoms. The lowest BCUT2D eigenvalue weighted by molar-refractivity contribution is -0.379. The summed E-state index contributed by atoms with van der Waals surface area (Å²) in [6.45, 7) is 1.64.